The zero-order chi connectivity index (χ0) is 19.2. The lowest BCUT2D eigenvalue weighted by atomic mass is 9.98. The Balaban J connectivity index is 1.71. The van der Waals surface area contributed by atoms with Gasteiger partial charge in [0.15, 0.2) is 0 Å². The Kier molecular flexibility index (Phi) is 6.28. The number of benzene rings is 1. The molecule has 8 heteroatoms. The highest BCUT2D eigenvalue weighted by atomic mass is 16.6. The fourth-order valence-electron chi connectivity index (χ4n) is 3.41. The van der Waals surface area contributed by atoms with Crippen LogP contribution in [0, 0.1) is 22.0 Å². The first-order chi connectivity index (χ1) is 13.1. The van der Waals surface area contributed by atoms with Gasteiger partial charge in [0.1, 0.15) is 5.92 Å². The number of nitrogens with zero attached hydrogens (tertiary/aromatic N) is 4. The summed E-state index contributed by atoms with van der Waals surface area (Å²) in [6.45, 7) is 4.84. The van der Waals surface area contributed by atoms with E-state index in [1.165, 1.54) is 17.1 Å². The maximum Gasteiger partial charge on any atom is 0.269 e. The molecule has 1 aromatic carbocycles. The molecule has 1 atom stereocenters. The number of aliphatic imine (C=N–C) groups is 1. The van der Waals surface area contributed by atoms with E-state index < -0.39 is 10.8 Å². The van der Waals surface area contributed by atoms with Crippen molar-refractivity contribution in [3.05, 3.63) is 34.4 Å². The number of carbonyl (C=O) groups is 1. The summed E-state index contributed by atoms with van der Waals surface area (Å²) in [5.41, 5.74) is 1.33. The van der Waals surface area contributed by atoms with Crippen molar-refractivity contribution >= 4 is 29.2 Å². The average molecular weight is 371 g/mol. The van der Waals surface area contributed by atoms with Gasteiger partial charge in [0.2, 0.25) is 0 Å². The number of non-ortho nitro benzene ring substituents is 1. The van der Waals surface area contributed by atoms with Gasteiger partial charge in [-0.2, -0.15) is 10.1 Å². The highest BCUT2D eigenvalue weighted by Gasteiger charge is 2.35. The summed E-state index contributed by atoms with van der Waals surface area (Å²) >= 11 is 0. The van der Waals surface area contributed by atoms with Gasteiger partial charge in [-0.1, -0.05) is 13.3 Å². The standard InChI is InChI=1S/C19H25N5O3/c1-2-3-18-17(13-21-12-14-8-10-20-11-9-14)19(25)23(22-18)15-4-6-16(7-5-15)24(26)27/h4-7,13-14,17,20H,2-3,8-12H2,1H3/t17-/m0/s1. The molecule has 0 aliphatic carbocycles. The fourth-order valence-corrected chi connectivity index (χ4v) is 3.41. The number of carbonyl (C=O) groups excluding carboxylic acids is 1. The minimum Gasteiger partial charge on any atom is -0.317 e. The molecule has 0 aromatic heterocycles. The fraction of sp³-hybridized carbons (Fsp3) is 0.526. The van der Waals surface area contributed by atoms with Crippen molar-refractivity contribution in [3.8, 4) is 0 Å². The number of hydrogen-bond acceptors (Lipinski definition) is 6. The van der Waals surface area contributed by atoms with Crippen LogP contribution in [0.5, 0.6) is 0 Å². The summed E-state index contributed by atoms with van der Waals surface area (Å²) in [4.78, 5) is 27.8. The van der Waals surface area contributed by atoms with Gasteiger partial charge in [0.25, 0.3) is 11.6 Å². The van der Waals surface area contributed by atoms with Gasteiger partial charge in [-0.05, 0) is 50.4 Å². The molecule has 1 saturated heterocycles. The Labute approximate surface area is 158 Å². The monoisotopic (exact) mass is 371 g/mol. The van der Waals surface area contributed by atoms with Crippen LogP contribution in [0.15, 0.2) is 34.4 Å². The van der Waals surface area contributed by atoms with Crippen LogP contribution in [0.4, 0.5) is 11.4 Å². The summed E-state index contributed by atoms with van der Waals surface area (Å²) in [5, 5.41) is 20.0. The maximum absolute atomic E-state index is 12.9. The van der Waals surface area contributed by atoms with Gasteiger partial charge in [-0.15, -0.1) is 0 Å². The third-order valence-corrected chi connectivity index (χ3v) is 4.95. The van der Waals surface area contributed by atoms with Crippen LogP contribution in [0.1, 0.15) is 32.6 Å². The first-order valence-corrected chi connectivity index (χ1v) is 9.46. The summed E-state index contributed by atoms with van der Waals surface area (Å²) in [6, 6.07) is 5.88. The van der Waals surface area contributed by atoms with Crippen LogP contribution >= 0.6 is 0 Å². The minimum atomic E-state index is -0.461. The van der Waals surface area contributed by atoms with Crippen LogP contribution in [-0.2, 0) is 4.79 Å². The molecule has 2 aliphatic heterocycles. The van der Waals surface area contributed by atoms with Crippen molar-refractivity contribution in [2.75, 3.05) is 24.6 Å². The molecule has 0 radical (unpaired) electrons. The van der Waals surface area contributed by atoms with E-state index in [0.29, 0.717) is 11.6 Å². The van der Waals surface area contributed by atoms with Crippen molar-refractivity contribution in [3.63, 3.8) is 0 Å². The number of hydrazone groups is 1. The van der Waals surface area contributed by atoms with Crippen LogP contribution < -0.4 is 10.3 Å². The third kappa shape index (κ3) is 4.57. The number of nitro groups is 1. The van der Waals surface area contributed by atoms with Gasteiger partial charge in [-0.3, -0.25) is 19.9 Å². The van der Waals surface area contributed by atoms with Crippen LogP contribution in [-0.4, -0.2) is 42.4 Å². The predicted octanol–water partition coefficient (Wildman–Crippen LogP) is 2.78. The molecule has 2 heterocycles. The molecule has 27 heavy (non-hydrogen) atoms. The van der Waals surface area contributed by atoms with Gasteiger partial charge < -0.3 is 5.32 Å². The van der Waals surface area contributed by atoms with E-state index in [4.69, 9.17) is 0 Å². The third-order valence-electron chi connectivity index (χ3n) is 4.95. The maximum atomic E-state index is 12.9. The second-order valence-electron chi connectivity index (χ2n) is 6.95. The molecule has 0 saturated carbocycles. The van der Waals surface area contributed by atoms with Gasteiger partial charge >= 0.3 is 0 Å². The lowest BCUT2D eigenvalue weighted by Crippen LogP contribution is -2.30. The number of piperidine rings is 1. The van der Waals surface area contributed by atoms with E-state index in [9.17, 15) is 14.9 Å². The molecule has 1 fully saturated rings. The Bertz CT molecular complexity index is 738. The summed E-state index contributed by atoms with van der Waals surface area (Å²) < 4.78 is 0. The lowest BCUT2D eigenvalue weighted by molar-refractivity contribution is -0.384. The SMILES string of the molecule is CCCC1=NN(c2ccc([N+](=O)[O-])cc2)C(=O)[C@H]1C=NCC1CCNCC1. The molecule has 1 N–H and O–H groups in total. The molecule has 144 valence electrons. The quantitative estimate of drug-likeness (QED) is 0.452. The van der Waals surface area contributed by atoms with E-state index in [0.717, 1.165) is 51.0 Å². The van der Waals surface area contributed by atoms with Crippen LogP contribution in [0.2, 0.25) is 0 Å². The average Bonchev–Trinajstić information content (AvgIpc) is 2.99. The van der Waals surface area contributed by atoms with E-state index in [1.807, 2.05) is 6.92 Å². The summed E-state index contributed by atoms with van der Waals surface area (Å²) in [7, 11) is 0. The number of anilines is 1. The topological polar surface area (TPSA) is 100 Å². The largest absolute Gasteiger partial charge is 0.317 e. The minimum absolute atomic E-state index is 0.0109. The first-order valence-electron chi connectivity index (χ1n) is 9.46. The second kappa shape index (κ2) is 8.85. The van der Waals surface area contributed by atoms with Gasteiger partial charge in [-0.25, -0.2) is 0 Å². The van der Waals surface area contributed by atoms with E-state index in [1.54, 1.807) is 18.3 Å². The lowest BCUT2D eigenvalue weighted by Gasteiger charge is -2.20. The second-order valence-corrected chi connectivity index (χ2v) is 6.95. The Morgan fingerprint density at radius 1 is 1.33 bits per heavy atom. The van der Waals surface area contributed by atoms with Crippen molar-refractivity contribution in [1.82, 2.24) is 5.32 Å². The van der Waals surface area contributed by atoms with Crippen LogP contribution in [0.3, 0.4) is 0 Å². The zero-order valence-corrected chi connectivity index (χ0v) is 15.5. The van der Waals surface area contributed by atoms with E-state index in [-0.39, 0.29) is 11.6 Å². The summed E-state index contributed by atoms with van der Waals surface area (Å²) in [6.07, 6.45) is 5.57. The molecule has 8 nitrogen and oxygen atoms in total. The number of amides is 1. The normalized spacial score (nSPS) is 21.1. The van der Waals surface area contributed by atoms with Crippen molar-refractivity contribution < 1.29 is 9.72 Å². The Morgan fingerprint density at radius 2 is 2.04 bits per heavy atom. The smallest absolute Gasteiger partial charge is 0.269 e. The Hall–Kier alpha value is -2.61. The van der Waals surface area contributed by atoms with Crippen LogP contribution in [0.25, 0.3) is 0 Å². The molecule has 1 amide bonds. The molecular weight excluding hydrogens is 346 g/mol. The van der Waals surface area contributed by atoms with E-state index >= 15 is 0 Å². The summed E-state index contributed by atoms with van der Waals surface area (Å²) in [5.74, 6) is -0.0282. The van der Waals surface area contributed by atoms with Gasteiger partial charge in [0.05, 0.1) is 16.3 Å². The molecule has 1 aromatic rings. The van der Waals surface area contributed by atoms with Crippen molar-refractivity contribution in [1.29, 1.82) is 0 Å². The first kappa shape index (κ1) is 19.2. The molecule has 2 aliphatic rings. The van der Waals surface area contributed by atoms with Gasteiger partial charge in [0, 0.05) is 24.9 Å². The highest BCUT2D eigenvalue weighted by molar-refractivity contribution is 6.24. The van der Waals surface area contributed by atoms with Crippen molar-refractivity contribution in [2.45, 2.75) is 32.6 Å². The van der Waals surface area contributed by atoms with E-state index in [2.05, 4.69) is 15.4 Å². The number of nitrogens with one attached hydrogen (secondary N) is 1. The number of rotatable bonds is 7. The van der Waals surface area contributed by atoms with Crippen molar-refractivity contribution in [2.24, 2.45) is 21.9 Å². The molecule has 0 spiro atoms. The molecular formula is C19H25N5O3. The Morgan fingerprint density at radius 3 is 2.67 bits per heavy atom. The number of hydrogen-bond donors (Lipinski definition) is 1. The number of nitro benzene ring substituents is 1. The molecule has 0 bridgehead atoms. The zero-order valence-electron chi connectivity index (χ0n) is 15.5. The highest BCUT2D eigenvalue weighted by Crippen LogP contribution is 2.26. The molecule has 0 unspecified atom stereocenters. The molecule has 3 rings (SSSR count). The predicted molar refractivity (Wildman–Crippen MR) is 105 cm³/mol.